The highest BCUT2D eigenvalue weighted by atomic mass is 16.5. The van der Waals surface area contributed by atoms with Gasteiger partial charge in [-0.3, -0.25) is 0 Å². The maximum atomic E-state index is 10.9. The predicted molar refractivity (Wildman–Crippen MR) is 35.9 cm³/mol. The molecule has 0 aliphatic heterocycles. The lowest BCUT2D eigenvalue weighted by atomic mass is 10.2. The average molecular weight is 142 g/mol. The Morgan fingerprint density at radius 3 is 2.90 bits per heavy atom. The summed E-state index contributed by atoms with van der Waals surface area (Å²) in [6, 6.07) is 0. The lowest BCUT2D eigenvalue weighted by Crippen LogP contribution is -2.69. The van der Waals surface area contributed by atoms with Gasteiger partial charge in [-0.2, -0.15) is 0 Å². The van der Waals surface area contributed by atoms with Gasteiger partial charge in [0, 0.05) is 12.3 Å². The fourth-order valence-electron chi connectivity index (χ4n) is 1.08. The van der Waals surface area contributed by atoms with Crippen molar-refractivity contribution in [3.8, 4) is 0 Å². The first-order valence-electron chi connectivity index (χ1n) is 3.21. The number of methoxy groups -OCH3 is 1. The summed E-state index contributed by atoms with van der Waals surface area (Å²) in [6.07, 6.45) is 2.53. The highest BCUT2D eigenvalue weighted by Crippen LogP contribution is 2.40. The molecule has 0 aromatic carbocycles. The second-order valence-electron chi connectivity index (χ2n) is 2.69. The molecule has 56 valence electrons. The van der Waals surface area contributed by atoms with Crippen LogP contribution in [0.3, 0.4) is 0 Å². The Labute approximate surface area is 59.8 Å². The standard InChI is InChI=1S/C7H11NO2/c1-3-5-4-7(5,8)6(9)10-2/h3,5H,1,4,8H2,2H3/p+1/t5-,7-/m1/s1. The second-order valence-corrected chi connectivity index (χ2v) is 2.69. The van der Waals surface area contributed by atoms with Crippen LogP contribution in [0.4, 0.5) is 0 Å². The fraction of sp³-hybridized carbons (Fsp3) is 0.571. The number of esters is 1. The lowest BCUT2D eigenvalue weighted by Gasteiger charge is -2.01. The van der Waals surface area contributed by atoms with Crippen molar-refractivity contribution in [3.63, 3.8) is 0 Å². The molecule has 0 unspecified atom stereocenters. The van der Waals surface area contributed by atoms with Crippen LogP contribution in [0.15, 0.2) is 12.7 Å². The molecule has 1 rings (SSSR count). The minimum absolute atomic E-state index is 0.222. The quantitative estimate of drug-likeness (QED) is 0.411. The van der Waals surface area contributed by atoms with Crippen LogP contribution in [0.1, 0.15) is 6.42 Å². The molecule has 2 atom stereocenters. The summed E-state index contributed by atoms with van der Waals surface area (Å²) >= 11 is 0. The molecule has 1 aliphatic carbocycles. The molecular weight excluding hydrogens is 130 g/mol. The van der Waals surface area contributed by atoms with E-state index in [2.05, 4.69) is 17.0 Å². The van der Waals surface area contributed by atoms with Gasteiger partial charge in [0.05, 0.1) is 7.11 Å². The van der Waals surface area contributed by atoms with Gasteiger partial charge in [0.25, 0.3) is 0 Å². The number of hydrogen-bond acceptors (Lipinski definition) is 2. The molecule has 0 heterocycles. The number of carbonyl (C=O) groups is 1. The Kier molecular flexibility index (Phi) is 1.52. The van der Waals surface area contributed by atoms with Gasteiger partial charge in [-0.05, 0) is 0 Å². The van der Waals surface area contributed by atoms with Gasteiger partial charge in [0.2, 0.25) is 0 Å². The number of ether oxygens (including phenoxy) is 1. The van der Waals surface area contributed by atoms with Crippen LogP contribution in [0.2, 0.25) is 0 Å². The predicted octanol–water partition coefficient (Wildman–Crippen LogP) is -0.654. The van der Waals surface area contributed by atoms with Crippen molar-refractivity contribution in [2.45, 2.75) is 12.0 Å². The maximum absolute atomic E-state index is 10.9. The molecule has 1 saturated carbocycles. The molecule has 1 fully saturated rings. The molecule has 3 N–H and O–H groups in total. The third-order valence-corrected chi connectivity index (χ3v) is 2.01. The van der Waals surface area contributed by atoms with Crippen LogP contribution >= 0.6 is 0 Å². The largest absolute Gasteiger partial charge is 0.464 e. The van der Waals surface area contributed by atoms with Crippen molar-refractivity contribution < 1.29 is 15.3 Å². The summed E-state index contributed by atoms with van der Waals surface area (Å²) in [5.74, 6) is -0.00245. The van der Waals surface area contributed by atoms with Crippen LogP contribution in [0, 0.1) is 5.92 Å². The molecule has 0 amide bonds. The topological polar surface area (TPSA) is 53.9 Å². The highest BCUT2D eigenvalue weighted by molar-refractivity contribution is 5.83. The first kappa shape index (κ1) is 7.28. The zero-order chi connectivity index (χ0) is 7.78. The van der Waals surface area contributed by atoms with E-state index in [9.17, 15) is 4.79 Å². The normalized spacial score (nSPS) is 36.8. The monoisotopic (exact) mass is 142 g/mol. The molecular formula is C7H12NO2+. The molecule has 3 heteroatoms. The minimum Gasteiger partial charge on any atom is -0.464 e. The van der Waals surface area contributed by atoms with Crippen molar-refractivity contribution in [1.29, 1.82) is 0 Å². The van der Waals surface area contributed by atoms with Crippen LogP contribution in [-0.2, 0) is 9.53 Å². The van der Waals surface area contributed by atoms with Gasteiger partial charge in [-0.25, -0.2) is 4.79 Å². The van der Waals surface area contributed by atoms with Crippen molar-refractivity contribution in [1.82, 2.24) is 0 Å². The summed E-state index contributed by atoms with van der Waals surface area (Å²) in [7, 11) is 1.38. The molecule has 0 saturated heterocycles. The van der Waals surface area contributed by atoms with Crippen molar-refractivity contribution in [2.24, 2.45) is 5.92 Å². The summed E-state index contributed by atoms with van der Waals surface area (Å²) in [6.45, 7) is 3.59. The van der Waals surface area contributed by atoms with E-state index in [1.54, 1.807) is 6.08 Å². The van der Waals surface area contributed by atoms with Gasteiger partial charge >= 0.3 is 5.97 Å². The first-order chi connectivity index (χ1) is 4.65. The fourth-order valence-corrected chi connectivity index (χ4v) is 1.08. The van der Waals surface area contributed by atoms with Crippen molar-refractivity contribution >= 4 is 5.97 Å². The first-order valence-corrected chi connectivity index (χ1v) is 3.21. The summed E-state index contributed by atoms with van der Waals surface area (Å²) in [5.41, 5.74) is 3.26. The summed E-state index contributed by atoms with van der Waals surface area (Å²) < 4.78 is 4.56. The van der Waals surface area contributed by atoms with E-state index in [-0.39, 0.29) is 11.9 Å². The third kappa shape index (κ3) is 0.827. The van der Waals surface area contributed by atoms with Crippen LogP contribution in [0.25, 0.3) is 0 Å². The van der Waals surface area contributed by atoms with Gasteiger partial charge in [0.1, 0.15) is 0 Å². The molecule has 3 nitrogen and oxygen atoms in total. The SMILES string of the molecule is C=C[C@@H]1C[C@]1([NH3+])C(=O)OC. The van der Waals surface area contributed by atoms with E-state index in [0.717, 1.165) is 6.42 Å². The Morgan fingerprint density at radius 1 is 2.00 bits per heavy atom. The molecule has 0 spiro atoms. The van der Waals surface area contributed by atoms with Gasteiger partial charge in [-0.1, -0.05) is 6.08 Å². The molecule has 0 aromatic heterocycles. The number of hydrogen-bond donors (Lipinski definition) is 1. The summed E-state index contributed by atoms with van der Waals surface area (Å²) in [5, 5.41) is 0. The van der Waals surface area contributed by atoms with Gasteiger partial charge < -0.3 is 10.5 Å². The lowest BCUT2D eigenvalue weighted by molar-refractivity contribution is -0.428. The Bertz CT molecular complexity index is 178. The van der Waals surface area contributed by atoms with Gasteiger partial charge in [0.15, 0.2) is 5.54 Å². The third-order valence-electron chi connectivity index (χ3n) is 2.01. The average Bonchev–Trinajstić information content (AvgIpc) is 2.61. The minimum atomic E-state index is -0.503. The van der Waals surface area contributed by atoms with E-state index in [0.29, 0.717) is 0 Å². The zero-order valence-corrected chi connectivity index (χ0v) is 6.09. The van der Waals surface area contributed by atoms with Crippen LogP contribution in [0.5, 0.6) is 0 Å². The Balaban J connectivity index is 2.58. The highest BCUT2D eigenvalue weighted by Gasteiger charge is 2.61. The van der Waals surface area contributed by atoms with Crippen molar-refractivity contribution in [2.75, 3.05) is 7.11 Å². The van der Waals surface area contributed by atoms with Gasteiger partial charge in [-0.15, -0.1) is 6.58 Å². The van der Waals surface area contributed by atoms with E-state index >= 15 is 0 Å². The van der Waals surface area contributed by atoms with Crippen LogP contribution < -0.4 is 5.73 Å². The molecule has 10 heavy (non-hydrogen) atoms. The van der Waals surface area contributed by atoms with E-state index in [1.165, 1.54) is 7.11 Å². The van der Waals surface area contributed by atoms with E-state index in [1.807, 2.05) is 0 Å². The Morgan fingerprint density at radius 2 is 2.60 bits per heavy atom. The number of rotatable bonds is 2. The molecule has 0 radical (unpaired) electrons. The van der Waals surface area contributed by atoms with Crippen molar-refractivity contribution in [3.05, 3.63) is 12.7 Å². The molecule has 0 aromatic rings. The smallest absolute Gasteiger partial charge is 0.368 e. The van der Waals surface area contributed by atoms with Crippen LogP contribution in [-0.4, -0.2) is 18.6 Å². The number of quaternary nitrogens is 1. The van der Waals surface area contributed by atoms with E-state index < -0.39 is 5.54 Å². The zero-order valence-electron chi connectivity index (χ0n) is 6.09. The maximum Gasteiger partial charge on any atom is 0.368 e. The van der Waals surface area contributed by atoms with E-state index in [4.69, 9.17) is 0 Å². The molecule has 1 aliphatic rings. The Hall–Kier alpha value is -0.830. The number of carbonyl (C=O) groups excluding carboxylic acids is 1. The summed E-state index contributed by atoms with van der Waals surface area (Å²) in [4.78, 5) is 10.9. The molecule has 0 bridgehead atoms. The second kappa shape index (κ2) is 2.09.